The molecule has 0 atom stereocenters. The van der Waals surface area contributed by atoms with Crippen LogP contribution in [0.2, 0.25) is 0 Å². The standard InChI is InChI=1S/C13H26N4/c1-11(2)17(12(3)4)7-6-14-8-13-9-15-10-16(13)5/h9-12,14H,6-8H2,1-5H3. The Kier molecular flexibility index (Phi) is 5.65. The largest absolute Gasteiger partial charge is 0.337 e. The third kappa shape index (κ3) is 4.48. The molecule has 0 aliphatic heterocycles. The Hall–Kier alpha value is -0.870. The quantitative estimate of drug-likeness (QED) is 0.733. The topological polar surface area (TPSA) is 33.1 Å². The van der Waals surface area contributed by atoms with Crippen molar-refractivity contribution in [2.24, 2.45) is 7.05 Å². The second kappa shape index (κ2) is 6.77. The van der Waals surface area contributed by atoms with E-state index in [1.54, 1.807) is 0 Å². The Morgan fingerprint density at radius 2 is 1.94 bits per heavy atom. The molecule has 1 N–H and O–H groups in total. The van der Waals surface area contributed by atoms with E-state index in [2.05, 4.69) is 47.5 Å². The number of hydrogen-bond donors (Lipinski definition) is 1. The highest BCUT2D eigenvalue weighted by Crippen LogP contribution is 2.03. The summed E-state index contributed by atoms with van der Waals surface area (Å²) in [7, 11) is 2.03. The summed E-state index contributed by atoms with van der Waals surface area (Å²) in [4.78, 5) is 6.60. The smallest absolute Gasteiger partial charge is 0.0945 e. The molecule has 0 fully saturated rings. The first-order valence-electron chi connectivity index (χ1n) is 6.44. The summed E-state index contributed by atoms with van der Waals surface area (Å²) in [6.07, 6.45) is 3.75. The van der Waals surface area contributed by atoms with E-state index >= 15 is 0 Å². The van der Waals surface area contributed by atoms with Gasteiger partial charge in [0, 0.05) is 45.0 Å². The molecule has 17 heavy (non-hydrogen) atoms. The summed E-state index contributed by atoms with van der Waals surface area (Å²) in [6, 6.07) is 1.21. The van der Waals surface area contributed by atoms with E-state index in [4.69, 9.17) is 0 Å². The maximum absolute atomic E-state index is 4.10. The SMILES string of the molecule is CC(C)N(CCNCc1cncn1C)C(C)C. The van der Waals surface area contributed by atoms with Crippen LogP contribution in [0.15, 0.2) is 12.5 Å². The zero-order valence-electron chi connectivity index (χ0n) is 11.8. The highest BCUT2D eigenvalue weighted by atomic mass is 15.2. The number of nitrogens with zero attached hydrogens (tertiary/aromatic N) is 3. The second-order valence-electron chi connectivity index (χ2n) is 5.10. The van der Waals surface area contributed by atoms with E-state index < -0.39 is 0 Å². The van der Waals surface area contributed by atoms with E-state index in [0.717, 1.165) is 19.6 Å². The average Bonchev–Trinajstić information content (AvgIpc) is 2.63. The van der Waals surface area contributed by atoms with Gasteiger partial charge in [-0.05, 0) is 27.7 Å². The highest BCUT2D eigenvalue weighted by molar-refractivity contribution is 4.96. The van der Waals surface area contributed by atoms with E-state index in [9.17, 15) is 0 Å². The summed E-state index contributed by atoms with van der Waals surface area (Å²) in [5, 5.41) is 3.47. The molecule has 0 spiro atoms. The molecule has 0 unspecified atom stereocenters. The van der Waals surface area contributed by atoms with Crippen LogP contribution in [0.5, 0.6) is 0 Å². The lowest BCUT2D eigenvalue weighted by Crippen LogP contribution is -2.41. The van der Waals surface area contributed by atoms with Gasteiger partial charge in [0.15, 0.2) is 0 Å². The van der Waals surface area contributed by atoms with Crippen LogP contribution in [0.1, 0.15) is 33.4 Å². The zero-order chi connectivity index (χ0) is 12.8. The van der Waals surface area contributed by atoms with Crippen molar-refractivity contribution >= 4 is 0 Å². The number of aryl methyl sites for hydroxylation is 1. The molecule has 0 aliphatic rings. The molecular formula is C13H26N4. The van der Waals surface area contributed by atoms with Gasteiger partial charge in [0.2, 0.25) is 0 Å². The molecule has 1 heterocycles. The molecule has 0 saturated carbocycles. The molecule has 0 aromatic carbocycles. The lowest BCUT2D eigenvalue weighted by Gasteiger charge is -2.30. The van der Waals surface area contributed by atoms with Gasteiger partial charge in [0.1, 0.15) is 0 Å². The third-order valence-corrected chi connectivity index (χ3v) is 3.10. The molecule has 1 rings (SSSR count). The first-order valence-corrected chi connectivity index (χ1v) is 6.44. The van der Waals surface area contributed by atoms with Crippen LogP contribution >= 0.6 is 0 Å². The fourth-order valence-corrected chi connectivity index (χ4v) is 2.09. The summed E-state index contributed by atoms with van der Waals surface area (Å²) < 4.78 is 2.05. The summed E-state index contributed by atoms with van der Waals surface area (Å²) >= 11 is 0. The van der Waals surface area contributed by atoms with Crippen molar-refractivity contribution in [3.05, 3.63) is 18.2 Å². The van der Waals surface area contributed by atoms with E-state index in [1.165, 1.54) is 5.69 Å². The molecule has 1 aromatic rings. The Morgan fingerprint density at radius 1 is 1.29 bits per heavy atom. The number of hydrogen-bond acceptors (Lipinski definition) is 3. The minimum absolute atomic E-state index is 0.605. The second-order valence-corrected chi connectivity index (χ2v) is 5.10. The van der Waals surface area contributed by atoms with Gasteiger partial charge in [-0.15, -0.1) is 0 Å². The van der Waals surface area contributed by atoms with E-state index in [0.29, 0.717) is 12.1 Å². The van der Waals surface area contributed by atoms with Gasteiger partial charge in [-0.25, -0.2) is 4.98 Å². The Bertz CT molecular complexity index is 309. The van der Waals surface area contributed by atoms with Crippen molar-refractivity contribution in [2.45, 2.75) is 46.3 Å². The summed E-state index contributed by atoms with van der Waals surface area (Å²) in [6.45, 7) is 12.0. The number of nitrogens with one attached hydrogen (secondary N) is 1. The fourth-order valence-electron chi connectivity index (χ4n) is 2.09. The van der Waals surface area contributed by atoms with Gasteiger partial charge in [-0.3, -0.25) is 4.90 Å². The van der Waals surface area contributed by atoms with Gasteiger partial charge >= 0.3 is 0 Å². The van der Waals surface area contributed by atoms with Gasteiger partial charge in [-0.1, -0.05) is 0 Å². The first-order chi connectivity index (χ1) is 8.02. The fraction of sp³-hybridized carbons (Fsp3) is 0.769. The van der Waals surface area contributed by atoms with Crippen LogP contribution in [0.4, 0.5) is 0 Å². The molecule has 0 bridgehead atoms. The predicted octanol–water partition coefficient (Wildman–Crippen LogP) is 1.63. The van der Waals surface area contributed by atoms with Crippen molar-refractivity contribution in [3.63, 3.8) is 0 Å². The Morgan fingerprint density at radius 3 is 2.41 bits per heavy atom. The zero-order valence-corrected chi connectivity index (χ0v) is 11.8. The van der Waals surface area contributed by atoms with Crippen molar-refractivity contribution in [1.29, 1.82) is 0 Å². The minimum Gasteiger partial charge on any atom is -0.337 e. The van der Waals surface area contributed by atoms with Crippen molar-refractivity contribution < 1.29 is 0 Å². The van der Waals surface area contributed by atoms with Gasteiger partial charge in [-0.2, -0.15) is 0 Å². The van der Waals surface area contributed by atoms with Crippen LogP contribution in [0.3, 0.4) is 0 Å². The molecule has 4 heteroatoms. The van der Waals surface area contributed by atoms with E-state index in [-0.39, 0.29) is 0 Å². The van der Waals surface area contributed by atoms with Crippen molar-refractivity contribution in [3.8, 4) is 0 Å². The molecule has 0 saturated heterocycles. The number of imidazole rings is 1. The first kappa shape index (κ1) is 14.2. The van der Waals surface area contributed by atoms with Gasteiger partial charge < -0.3 is 9.88 Å². The Balaban J connectivity index is 2.25. The molecule has 98 valence electrons. The molecule has 4 nitrogen and oxygen atoms in total. The number of aromatic nitrogens is 2. The van der Waals surface area contributed by atoms with Crippen LogP contribution < -0.4 is 5.32 Å². The monoisotopic (exact) mass is 238 g/mol. The van der Waals surface area contributed by atoms with E-state index in [1.807, 2.05) is 19.6 Å². The molecule has 0 radical (unpaired) electrons. The Labute approximate surface area is 105 Å². The van der Waals surface area contributed by atoms with Crippen LogP contribution in [-0.2, 0) is 13.6 Å². The third-order valence-electron chi connectivity index (χ3n) is 3.10. The van der Waals surface area contributed by atoms with Gasteiger partial charge in [0.05, 0.1) is 12.0 Å². The average molecular weight is 238 g/mol. The molecular weight excluding hydrogens is 212 g/mol. The lowest BCUT2D eigenvalue weighted by molar-refractivity contribution is 0.175. The van der Waals surface area contributed by atoms with Crippen molar-refractivity contribution in [2.75, 3.05) is 13.1 Å². The molecule has 1 aromatic heterocycles. The van der Waals surface area contributed by atoms with Crippen LogP contribution in [0.25, 0.3) is 0 Å². The maximum atomic E-state index is 4.10. The normalized spacial score (nSPS) is 12.0. The molecule has 0 amide bonds. The predicted molar refractivity (Wildman–Crippen MR) is 71.9 cm³/mol. The number of rotatable bonds is 7. The highest BCUT2D eigenvalue weighted by Gasteiger charge is 2.12. The lowest BCUT2D eigenvalue weighted by atomic mass is 10.2. The van der Waals surface area contributed by atoms with Crippen LogP contribution in [0, 0.1) is 0 Å². The van der Waals surface area contributed by atoms with Crippen LogP contribution in [-0.4, -0.2) is 39.6 Å². The summed E-state index contributed by atoms with van der Waals surface area (Å²) in [5.74, 6) is 0. The van der Waals surface area contributed by atoms with Gasteiger partial charge in [0.25, 0.3) is 0 Å². The minimum atomic E-state index is 0.605. The molecule has 0 aliphatic carbocycles. The maximum Gasteiger partial charge on any atom is 0.0945 e. The summed E-state index contributed by atoms with van der Waals surface area (Å²) in [5.41, 5.74) is 1.23. The van der Waals surface area contributed by atoms with Crippen molar-refractivity contribution in [1.82, 2.24) is 19.8 Å².